The van der Waals surface area contributed by atoms with Crippen molar-refractivity contribution in [2.75, 3.05) is 33.2 Å². The Kier molecular flexibility index (Phi) is 6.05. The van der Waals surface area contributed by atoms with Crippen molar-refractivity contribution in [1.82, 2.24) is 19.3 Å². The van der Waals surface area contributed by atoms with Gasteiger partial charge in [0.05, 0.1) is 12.0 Å². The Labute approximate surface area is 217 Å². The Bertz CT molecular complexity index is 1450. The Morgan fingerprint density at radius 2 is 1.49 bits per heavy atom. The summed E-state index contributed by atoms with van der Waals surface area (Å²) in [5, 5.41) is 1.08. The second-order valence-corrected chi connectivity index (χ2v) is 10.2. The number of carbonyl (C=O) groups excluding carboxylic acids is 2. The molecule has 1 fully saturated rings. The highest BCUT2D eigenvalue weighted by Crippen LogP contribution is 2.45. The molecule has 6 rings (SSSR count). The molecular formula is C31H32N4O2. The lowest BCUT2D eigenvalue weighted by atomic mass is 9.79. The molecule has 0 radical (unpaired) electrons. The number of nitrogens with zero attached hydrogens (tertiary/aromatic N) is 4. The molecule has 2 unspecified atom stereocenters. The highest BCUT2D eigenvalue weighted by molar-refractivity contribution is 6.02. The van der Waals surface area contributed by atoms with E-state index in [9.17, 15) is 9.59 Å². The summed E-state index contributed by atoms with van der Waals surface area (Å²) in [6.07, 6.45) is 2.09. The number of carbonyl (C=O) groups is 2. The number of likely N-dealkylation sites (N-methyl/N-ethyl adjacent to an activating group) is 1. The molecule has 3 aromatic carbocycles. The zero-order chi connectivity index (χ0) is 25.5. The van der Waals surface area contributed by atoms with E-state index in [1.54, 1.807) is 4.90 Å². The number of fused-ring (bicyclic) bond motifs is 2. The molecule has 1 saturated heterocycles. The Hall–Kier alpha value is -3.90. The molecule has 3 heterocycles. The van der Waals surface area contributed by atoms with E-state index in [1.165, 1.54) is 5.56 Å². The Morgan fingerprint density at radius 3 is 2.27 bits per heavy atom. The van der Waals surface area contributed by atoms with Crippen LogP contribution in [0, 0.1) is 0 Å². The molecule has 37 heavy (non-hydrogen) atoms. The van der Waals surface area contributed by atoms with E-state index >= 15 is 0 Å². The van der Waals surface area contributed by atoms with Crippen LogP contribution in [-0.4, -0.2) is 64.3 Å². The standard InChI is InChI=1S/C31H32N4O2/c1-32-21-26(23-12-8-9-15-27(23)32)29-28(24-13-6-7-14-25(24)30(36)33(29)2)31(37)35-18-16-34(17-19-35)20-22-10-4-3-5-11-22/h3-15,21,28-29H,16-20H2,1-2H3. The van der Waals surface area contributed by atoms with E-state index in [2.05, 4.69) is 52.1 Å². The molecule has 1 aromatic heterocycles. The second-order valence-electron chi connectivity index (χ2n) is 10.2. The molecule has 0 bridgehead atoms. The normalized spacial score (nSPS) is 20.3. The highest BCUT2D eigenvalue weighted by Gasteiger charge is 2.45. The van der Waals surface area contributed by atoms with Crippen molar-refractivity contribution in [3.63, 3.8) is 0 Å². The first-order chi connectivity index (χ1) is 18.0. The molecule has 0 spiro atoms. The van der Waals surface area contributed by atoms with Crippen LogP contribution in [0.1, 0.15) is 39.0 Å². The van der Waals surface area contributed by atoms with Gasteiger partial charge in [0.15, 0.2) is 0 Å². The van der Waals surface area contributed by atoms with E-state index in [-0.39, 0.29) is 17.9 Å². The van der Waals surface area contributed by atoms with Gasteiger partial charge in [-0.1, -0.05) is 66.7 Å². The van der Waals surface area contributed by atoms with Gasteiger partial charge in [-0.3, -0.25) is 14.5 Å². The first kappa shape index (κ1) is 23.5. The molecule has 2 atom stereocenters. The topological polar surface area (TPSA) is 48.8 Å². The van der Waals surface area contributed by atoms with E-state index in [0.29, 0.717) is 18.7 Å². The lowest BCUT2D eigenvalue weighted by Crippen LogP contribution is -2.52. The van der Waals surface area contributed by atoms with Crippen molar-refractivity contribution in [3.05, 3.63) is 107 Å². The molecule has 2 amide bonds. The summed E-state index contributed by atoms with van der Waals surface area (Å²) in [6.45, 7) is 3.94. The molecule has 6 heteroatoms. The van der Waals surface area contributed by atoms with E-state index in [1.807, 2.05) is 61.5 Å². The zero-order valence-electron chi connectivity index (χ0n) is 21.4. The van der Waals surface area contributed by atoms with Crippen molar-refractivity contribution in [2.24, 2.45) is 7.05 Å². The van der Waals surface area contributed by atoms with Crippen molar-refractivity contribution >= 4 is 22.7 Å². The average Bonchev–Trinajstić information content (AvgIpc) is 3.27. The molecule has 0 saturated carbocycles. The monoisotopic (exact) mass is 492 g/mol. The van der Waals surface area contributed by atoms with E-state index < -0.39 is 5.92 Å². The number of benzene rings is 3. The largest absolute Gasteiger partial charge is 0.350 e. The highest BCUT2D eigenvalue weighted by atomic mass is 16.2. The van der Waals surface area contributed by atoms with Crippen LogP contribution in [0.3, 0.4) is 0 Å². The summed E-state index contributed by atoms with van der Waals surface area (Å²) in [7, 11) is 3.86. The molecule has 6 nitrogen and oxygen atoms in total. The van der Waals surface area contributed by atoms with E-state index in [4.69, 9.17) is 0 Å². The molecule has 2 aliphatic heterocycles. The van der Waals surface area contributed by atoms with Crippen molar-refractivity contribution in [3.8, 4) is 0 Å². The Balaban J connectivity index is 1.34. The number of amides is 2. The number of hydrogen-bond acceptors (Lipinski definition) is 3. The number of para-hydroxylation sites is 1. The van der Waals surface area contributed by atoms with Crippen LogP contribution in [0.2, 0.25) is 0 Å². The van der Waals surface area contributed by atoms with Gasteiger partial charge < -0.3 is 14.4 Å². The fourth-order valence-electron chi connectivity index (χ4n) is 6.10. The fourth-order valence-corrected chi connectivity index (χ4v) is 6.10. The SMILES string of the molecule is CN1C(=O)c2ccccc2C(C(=O)N2CCN(Cc3ccccc3)CC2)C1c1cn(C)c2ccccc12. The minimum absolute atomic E-state index is 0.0368. The maximum absolute atomic E-state index is 14.3. The number of aryl methyl sites for hydroxylation is 1. The number of rotatable bonds is 4. The average molecular weight is 493 g/mol. The van der Waals surface area contributed by atoms with Crippen LogP contribution < -0.4 is 0 Å². The second kappa shape index (κ2) is 9.52. The summed E-state index contributed by atoms with van der Waals surface area (Å²) in [5.74, 6) is -0.389. The van der Waals surface area contributed by atoms with Gasteiger partial charge in [-0.2, -0.15) is 0 Å². The zero-order valence-corrected chi connectivity index (χ0v) is 21.4. The third-order valence-corrected chi connectivity index (χ3v) is 8.03. The van der Waals surface area contributed by atoms with Gasteiger partial charge in [0.1, 0.15) is 0 Å². The summed E-state index contributed by atoms with van der Waals surface area (Å²) < 4.78 is 2.09. The third kappa shape index (κ3) is 4.11. The van der Waals surface area contributed by atoms with Crippen LogP contribution in [0.15, 0.2) is 85.1 Å². The van der Waals surface area contributed by atoms with Gasteiger partial charge >= 0.3 is 0 Å². The molecule has 0 aliphatic carbocycles. The van der Waals surface area contributed by atoms with Gasteiger partial charge in [0, 0.05) is 75.0 Å². The lowest BCUT2D eigenvalue weighted by Gasteiger charge is -2.43. The fraction of sp³-hybridized carbons (Fsp3) is 0.290. The molecule has 188 valence electrons. The minimum Gasteiger partial charge on any atom is -0.350 e. The van der Waals surface area contributed by atoms with Gasteiger partial charge in [-0.05, 0) is 23.3 Å². The maximum Gasteiger partial charge on any atom is 0.254 e. The minimum atomic E-state index is -0.453. The van der Waals surface area contributed by atoms with Crippen molar-refractivity contribution in [1.29, 1.82) is 0 Å². The summed E-state index contributed by atoms with van der Waals surface area (Å²) in [5.41, 5.74) is 4.87. The quantitative estimate of drug-likeness (QED) is 0.423. The molecule has 0 N–H and O–H groups in total. The van der Waals surface area contributed by atoms with Crippen LogP contribution in [-0.2, 0) is 18.4 Å². The predicted octanol–water partition coefficient (Wildman–Crippen LogP) is 4.43. The van der Waals surface area contributed by atoms with Gasteiger partial charge in [0.2, 0.25) is 5.91 Å². The van der Waals surface area contributed by atoms with Crippen LogP contribution in [0.5, 0.6) is 0 Å². The predicted molar refractivity (Wildman–Crippen MR) is 145 cm³/mol. The molecular weight excluding hydrogens is 460 g/mol. The Morgan fingerprint density at radius 1 is 0.811 bits per heavy atom. The molecule has 2 aliphatic rings. The lowest BCUT2D eigenvalue weighted by molar-refractivity contribution is -0.136. The summed E-state index contributed by atoms with van der Waals surface area (Å²) in [4.78, 5) is 34.0. The van der Waals surface area contributed by atoms with Crippen molar-refractivity contribution < 1.29 is 9.59 Å². The smallest absolute Gasteiger partial charge is 0.254 e. The summed E-state index contributed by atoms with van der Waals surface area (Å²) in [6, 6.07) is 26.0. The first-order valence-corrected chi connectivity index (χ1v) is 13.0. The number of piperazine rings is 1. The van der Waals surface area contributed by atoms with Crippen LogP contribution in [0.25, 0.3) is 10.9 Å². The number of aromatic nitrogens is 1. The number of hydrogen-bond donors (Lipinski definition) is 0. The first-order valence-electron chi connectivity index (χ1n) is 13.0. The van der Waals surface area contributed by atoms with Crippen molar-refractivity contribution in [2.45, 2.75) is 18.5 Å². The van der Waals surface area contributed by atoms with Gasteiger partial charge in [-0.15, -0.1) is 0 Å². The van der Waals surface area contributed by atoms with Gasteiger partial charge in [0.25, 0.3) is 5.91 Å². The van der Waals surface area contributed by atoms with Gasteiger partial charge in [-0.25, -0.2) is 0 Å². The van der Waals surface area contributed by atoms with Crippen LogP contribution in [0.4, 0.5) is 0 Å². The summed E-state index contributed by atoms with van der Waals surface area (Å²) >= 11 is 0. The maximum atomic E-state index is 14.3. The van der Waals surface area contributed by atoms with E-state index in [0.717, 1.165) is 41.7 Å². The third-order valence-electron chi connectivity index (χ3n) is 8.03. The van der Waals surface area contributed by atoms with Crippen LogP contribution >= 0.6 is 0 Å². The molecule has 4 aromatic rings.